The van der Waals surface area contributed by atoms with Crippen LogP contribution in [0.2, 0.25) is 0 Å². The van der Waals surface area contributed by atoms with E-state index >= 15 is 0 Å². The van der Waals surface area contributed by atoms with Gasteiger partial charge in [-0.1, -0.05) is 58.0 Å². The van der Waals surface area contributed by atoms with Crippen molar-refractivity contribution >= 4 is 23.8 Å². The second-order valence-electron chi connectivity index (χ2n) is 9.48. The SMILES string of the molecule is CC(C)CC1NC(=O)N(NC(=O)C(CC(C)C)[C@@H](CCCc2ccccc2)C(=O)NO)C1=O. The van der Waals surface area contributed by atoms with Crippen LogP contribution in [0.3, 0.4) is 0 Å². The molecule has 1 aromatic rings. The van der Waals surface area contributed by atoms with Crippen molar-refractivity contribution in [3.8, 4) is 0 Å². The maximum atomic E-state index is 13.2. The van der Waals surface area contributed by atoms with Crippen LogP contribution in [0.5, 0.6) is 0 Å². The third kappa shape index (κ3) is 7.56. The summed E-state index contributed by atoms with van der Waals surface area (Å²) in [7, 11) is 0. The van der Waals surface area contributed by atoms with Crippen LogP contribution in [0.4, 0.5) is 4.79 Å². The molecule has 0 bridgehead atoms. The molecule has 9 nitrogen and oxygen atoms in total. The second kappa shape index (κ2) is 12.3. The first-order valence-corrected chi connectivity index (χ1v) is 11.6. The van der Waals surface area contributed by atoms with E-state index in [2.05, 4.69) is 10.7 Å². The summed E-state index contributed by atoms with van der Waals surface area (Å²) in [5.74, 6) is -3.14. The molecule has 1 fully saturated rings. The van der Waals surface area contributed by atoms with Crippen molar-refractivity contribution in [1.82, 2.24) is 21.2 Å². The topological polar surface area (TPSA) is 128 Å². The lowest BCUT2D eigenvalue weighted by molar-refractivity contribution is -0.145. The Morgan fingerprint density at radius 2 is 1.70 bits per heavy atom. The molecule has 1 saturated heterocycles. The highest BCUT2D eigenvalue weighted by molar-refractivity contribution is 6.05. The number of hydroxylamine groups is 1. The Morgan fingerprint density at radius 3 is 2.27 bits per heavy atom. The van der Waals surface area contributed by atoms with Gasteiger partial charge in [0.2, 0.25) is 11.8 Å². The summed E-state index contributed by atoms with van der Waals surface area (Å²) in [4.78, 5) is 50.7. The minimum absolute atomic E-state index is 0.0701. The Hall–Kier alpha value is -2.94. The van der Waals surface area contributed by atoms with Gasteiger partial charge in [0.25, 0.3) is 5.91 Å². The number of rotatable bonds is 12. The predicted molar refractivity (Wildman–Crippen MR) is 123 cm³/mol. The van der Waals surface area contributed by atoms with Crippen molar-refractivity contribution < 1.29 is 24.4 Å². The van der Waals surface area contributed by atoms with Crippen LogP contribution in [0.15, 0.2) is 30.3 Å². The maximum Gasteiger partial charge on any atom is 0.344 e. The zero-order valence-corrected chi connectivity index (χ0v) is 19.8. The molecular weight excluding hydrogens is 424 g/mol. The van der Waals surface area contributed by atoms with Crippen molar-refractivity contribution in [3.05, 3.63) is 35.9 Å². The molecule has 1 aromatic carbocycles. The fourth-order valence-corrected chi connectivity index (χ4v) is 4.19. The number of urea groups is 1. The number of aryl methyl sites for hydroxylation is 1. The van der Waals surface area contributed by atoms with Gasteiger partial charge < -0.3 is 5.32 Å². The van der Waals surface area contributed by atoms with Gasteiger partial charge in [-0.15, -0.1) is 0 Å². The number of hydrogen-bond donors (Lipinski definition) is 4. The zero-order chi connectivity index (χ0) is 24.5. The lowest BCUT2D eigenvalue weighted by Gasteiger charge is -2.27. The Bertz CT molecular complexity index is 827. The summed E-state index contributed by atoms with van der Waals surface area (Å²) in [5.41, 5.74) is 5.22. The van der Waals surface area contributed by atoms with E-state index in [0.717, 1.165) is 12.0 Å². The number of nitrogens with one attached hydrogen (secondary N) is 3. The molecule has 33 heavy (non-hydrogen) atoms. The smallest absolute Gasteiger partial charge is 0.324 e. The van der Waals surface area contributed by atoms with Crippen LogP contribution in [0.1, 0.15) is 58.9 Å². The number of benzene rings is 1. The molecule has 2 rings (SSSR count). The van der Waals surface area contributed by atoms with Crippen LogP contribution in [0, 0.1) is 23.7 Å². The first-order chi connectivity index (χ1) is 15.6. The van der Waals surface area contributed by atoms with E-state index in [1.165, 1.54) is 0 Å². The fourth-order valence-electron chi connectivity index (χ4n) is 4.19. The maximum absolute atomic E-state index is 13.2. The van der Waals surface area contributed by atoms with E-state index in [4.69, 9.17) is 0 Å². The van der Waals surface area contributed by atoms with Crippen molar-refractivity contribution in [1.29, 1.82) is 0 Å². The van der Waals surface area contributed by atoms with Gasteiger partial charge in [-0.25, -0.2) is 10.3 Å². The predicted octanol–water partition coefficient (Wildman–Crippen LogP) is 2.79. The first-order valence-electron chi connectivity index (χ1n) is 11.6. The molecule has 2 unspecified atom stereocenters. The number of nitrogens with zero attached hydrogens (tertiary/aromatic N) is 1. The van der Waals surface area contributed by atoms with Gasteiger partial charge in [-0.05, 0) is 49.5 Å². The highest BCUT2D eigenvalue weighted by Crippen LogP contribution is 2.27. The lowest BCUT2D eigenvalue weighted by Crippen LogP contribution is -2.51. The monoisotopic (exact) mass is 460 g/mol. The molecule has 5 amide bonds. The Labute approximate surface area is 195 Å². The Balaban J connectivity index is 2.14. The number of hydrogen-bond acceptors (Lipinski definition) is 5. The Morgan fingerprint density at radius 1 is 1.03 bits per heavy atom. The summed E-state index contributed by atoms with van der Waals surface area (Å²) in [5, 5.41) is 12.6. The molecule has 0 saturated carbocycles. The number of hydrazine groups is 1. The molecule has 1 aliphatic heterocycles. The third-order valence-electron chi connectivity index (χ3n) is 5.77. The molecule has 4 N–H and O–H groups in total. The van der Waals surface area contributed by atoms with Gasteiger partial charge in [0.05, 0.1) is 11.8 Å². The summed E-state index contributed by atoms with van der Waals surface area (Å²) in [6.45, 7) is 7.72. The van der Waals surface area contributed by atoms with E-state index < -0.39 is 41.6 Å². The molecule has 1 aliphatic rings. The normalized spacial score (nSPS) is 17.8. The van der Waals surface area contributed by atoms with Crippen LogP contribution in [-0.2, 0) is 20.8 Å². The highest BCUT2D eigenvalue weighted by atomic mass is 16.5. The summed E-state index contributed by atoms with van der Waals surface area (Å²) < 4.78 is 0. The average molecular weight is 461 g/mol. The van der Waals surface area contributed by atoms with Crippen LogP contribution in [0.25, 0.3) is 0 Å². The third-order valence-corrected chi connectivity index (χ3v) is 5.77. The summed E-state index contributed by atoms with van der Waals surface area (Å²) >= 11 is 0. The summed E-state index contributed by atoms with van der Waals surface area (Å²) in [6.07, 6.45) is 2.53. The molecule has 9 heteroatoms. The molecule has 0 spiro atoms. The van der Waals surface area contributed by atoms with E-state index in [1.807, 2.05) is 58.0 Å². The molecule has 182 valence electrons. The minimum atomic E-state index is -0.822. The molecule has 1 heterocycles. The largest absolute Gasteiger partial charge is 0.344 e. The van der Waals surface area contributed by atoms with Crippen LogP contribution in [-0.4, -0.2) is 40.0 Å². The lowest BCUT2D eigenvalue weighted by atomic mass is 9.81. The number of carbonyl (C=O) groups excluding carboxylic acids is 4. The van der Waals surface area contributed by atoms with E-state index in [0.29, 0.717) is 30.7 Å². The van der Waals surface area contributed by atoms with E-state index in [-0.39, 0.29) is 11.8 Å². The van der Waals surface area contributed by atoms with Gasteiger partial charge in [0.1, 0.15) is 6.04 Å². The number of amides is 5. The molecular formula is C24H36N4O5. The van der Waals surface area contributed by atoms with Gasteiger partial charge in [0, 0.05) is 0 Å². The van der Waals surface area contributed by atoms with Crippen molar-refractivity contribution in [3.63, 3.8) is 0 Å². The second-order valence-corrected chi connectivity index (χ2v) is 9.48. The zero-order valence-electron chi connectivity index (χ0n) is 19.8. The van der Waals surface area contributed by atoms with Crippen LogP contribution < -0.4 is 16.2 Å². The minimum Gasteiger partial charge on any atom is -0.324 e. The standard InChI is InChI=1S/C24H36N4O5/c1-15(2)13-19(18(22(30)27-33)12-8-11-17-9-6-5-7-10-17)21(29)26-28-23(31)20(14-16(3)4)25-24(28)32/h5-7,9-10,15-16,18-20,33H,8,11-14H2,1-4H3,(H,25,32)(H,26,29)(H,27,30)/t18-,19?,20?/m1/s1. The van der Waals surface area contributed by atoms with Crippen LogP contribution >= 0.6 is 0 Å². The van der Waals surface area contributed by atoms with Gasteiger partial charge >= 0.3 is 6.03 Å². The average Bonchev–Trinajstić information content (AvgIpc) is 3.02. The fraction of sp³-hybridized carbons (Fsp3) is 0.583. The van der Waals surface area contributed by atoms with Crippen molar-refractivity contribution in [2.75, 3.05) is 0 Å². The van der Waals surface area contributed by atoms with E-state index in [1.54, 1.807) is 5.48 Å². The van der Waals surface area contributed by atoms with Gasteiger partial charge in [-0.2, -0.15) is 5.01 Å². The van der Waals surface area contributed by atoms with Crippen molar-refractivity contribution in [2.24, 2.45) is 23.7 Å². The van der Waals surface area contributed by atoms with E-state index in [9.17, 15) is 24.4 Å². The quantitative estimate of drug-likeness (QED) is 0.217. The number of imide groups is 1. The van der Waals surface area contributed by atoms with Gasteiger partial charge in [-0.3, -0.25) is 25.0 Å². The van der Waals surface area contributed by atoms with Crippen molar-refractivity contribution in [2.45, 2.75) is 65.8 Å². The van der Waals surface area contributed by atoms with Gasteiger partial charge in [0.15, 0.2) is 0 Å². The summed E-state index contributed by atoms with van der Waals surface area (Å²) in [6, 6.07) is 8.41. The Kier molecular flexibility index (Phi) is 9.84. The molecule has 3 atom stereocenters. The number of carbonyl (C=O) groups is 4. The highest BCUT2D eigenvalue weighted by Gasteiger charge is 2.42. The molecule has 0 aromatic heterocycles. The molecule has 0 radical (unpaired) electrons. The molecule has 0 aliphatic carbocycles. The first kappa shape index (κ1) is 26.3.